The van der Waals surface area contributed by atoms with Crippen LogP contribution in [0.2, 0.25) is 0 Å². The van der Waals surface area contributed by atoms with Crippen LogP contribution in [0.25, 0.3) is 0 Å². The summed E-state index contributed by atoms with van der Waals surface area (Å²) in [5.41, 5.74) is 3.56. The van der Waals surface area contributed by atoms with E-state index >= 15 is 0 Å². The lowest BCUT2D eigenvalue weighted by atomic mass is 10.0. The molecule has 0 atom stereocenters. The number of aromatic nitrogens is 3. The third-order valence-corrected chi connectivity index (χ3v) is 5.61. The summed E-state index contributed by atoms with van der Waals surface area (Å²) < 4.78 is 8.59. The Hall–Kier alpha value is -4.50. The van der Waals surface area contributed by atoms with Crippen molar-refractivity contribution in [3.05, 3.63) is 117 Å². The molecule has 0 radical (unpaired) electrons. The number of hydrogen-bond donors (Lipinski definition) is 2. The van der Waals surface area contributed by atoms with Crippen LogP contribution in [0.3, 0.4) is 0 Å². The molecular weight excluding hydrogens is 460 g/mol. The van der Waals surface area contributed by atoms with Crippen LogP contribution in [0.4, 0.5) is 5.69 Å². The molecule has 2 aromatic carbocycles. The van der Waals surface area contributed by atoms with Crippen molar-refractivity contribution in [2.24, 2.45) is 0 Å². The Balaban J connectivity index is 1.44. The summed E-state index contributed by atoms with van der Waals surface area (Å²) in [7, 11) is 1.55. The van der Waals surface area contributed by atoms with Gasteiger partial charge in [-0.2, -0.15) is 5.10 Å². The van der Waals surface area contributed by atoms with E-state index in [2.05, 4.69) is 10.4 Å². The highest BCUT2D eigenvalue weighted by molar-refractivity contribution is 5.96. The van der Waals surface area contributed by atoms with E-state index in [1.165, 1.54) is 12.1 Å². The van der Waals surface area contributed by atoms with Gasteiger partial charge in [-0.1, -0.05) is 48.5 Å². The van der Waals surface area contributed by atoms with Gasteiger partial charge >= 0.3 is 5.97 Å². The largest absolute Gasteiger partial charge is 0.478 e. The second kappa shape index (κ2) is 11.3. The number of anilines is 1. The number of carboxylic acids is 1. The SMILES string of the molecule is COCc1nn(Cc2ccc(Cn3ccccc3=O)cc2)cc1NC(=O)Cc1ccccc1C(=O)O. The number of nitrogens with zero attached hydrogens (tertiary/aromatic N) is 3. The molecule has 2 heterocycles. The van der Waals surface area contributed by atoms with E-state index in [9.17, 15) is 19.5 Å². The number of aromatic carboxylic acids is 1. The van der Waals surface area contributed by atoms with Crippen molar-refractivity contribution in [1.29, 1.82) is 0 Å². The summed E-state index contributed by atoms with van der Waals surface area (Å²) in [6.45, 7) is 1.17. The van der Waals surface area contributed by atoms with E-state index in [4.69, 9.17) is 4.74 Å². The molecule has 4 aromatic rings. The van der Waals surface area contributed by atoms with Gasteiger partial charge in [0.1, 0.15) is 5.69 Å². The van der Waals surface area contributed by atoms with E-state index in [0.717, 1.165) is 11.1 Å². The zero-order chi connectivity index (χ0) is 25.5. The van der Waals surface area contributed by atoms with Crippen LogP contribution in [0.15, 0.2) is 83.9 Å². The molecule has 0 bridgehead atoms. The quantitative estimate of drug-likeness (QED) is 0.356. The maximum Gasteiger partial charge on any atom is 0.335 e. The minimum absolute atomic E-state index is 0.0511. The number of ether oxygens (including phenoxy) is 1. The first-order valence-electron chi connectivity index (χ1n) is 11.3. The van der Waals surface area contributed by atoms with Crippen LogP contribution >= 0.6 is 0 Å². The maximum absolute atomic E-state index is 12.7. The fourth-order valence-electron chi connectivity index (χ4n) is 3.87. The molecule has 2 aromatic heterocycles. The van der Waals surface area contributed by atoms with Crippen LogP contribution in [0.1, 0.15) is 32.7 Å². The van der Waals surface area contributed by atoms with Gasteiger partial charge in [-0.3, -0.25) is 14.3 Å². The van der Waals surface area contributed by atoms with Crippen LogP contribution in [-0.2, 0) is 35.6 Å². The zero-order valence-corrected chi connectivity index (χ0v) is 19.8. The molecule has 0 saturated heterocycles. The number of nitrogens with one attached hydrogen (secondary N) is 1. The number of carboxylic acid groups (broad SMARTS) is 1. The second-order valence-electron chi connectivity index (χ2n) is 8.29. The minimum atomic E-state index is -1.08. The lowest BCUT2D eigenvalue weighted by Crippen LogP contribution is -2.18. The number of benzene rings is 2. The minimum Gasteiger partial charge on any atom is -0.478 e. The topological polar surface area (TPSA) is 115 Å². The van der Waals surface area contributed by atoms with E-state index in [-0.39, 0.29) is 30.1 Å². The molecule has 0 saturated carbocycles. The molecule has 184 valence electrons. The van der Waals surface area contributed by atoms with Crippen molar-refractivity contribution in [3.8, 4) is 0 Å². The van der Waals surface area contributed by atoms with Gasteiger partial charge in [0.15, 0.2) is 0 Å². The number of carbonyl (C=O) groups excluding carboxylic acids is 1. The number of hydrogen-bond acceptors (Lipinski definition) is 5. The Labute approximate surface area is 207 Å². The summed E-state index contributed by atoms with van der Waals surface area (Å²) in [6.07, 6.45) is 3.41. The van der Waals surface area contributed by atoms with E-state index in [1.54, 1.807) is 53.0 Å². The van der Waals surface area contributed by atoms with E-state index in [1.807, 2.05) is 30.3 Å². The normalized spacial score (nSPS) is 10.8. The molecule has 4 rings (SSSR count). The van der Waals surface area contributed by atoms with Crippen molar-refractivity contribution in [2.75, 3.05) is 12.4 Å². The first-order valence-corrected chi connectivity index (χ1v) is 11.3. The molecule has 9 heteroatoms. The van der Waals surface area contributed by atoms with E-state index in [0.29, 0.717) is 30.0 Å². The monoisotopic (exact) mass is 486 g/mol. The second-order valence-corrected chi connectivity index (χ2v) is 8.29. The molecule has 0 aliphatic rings. The molecule has 9 nitrogen and oxygen atoms in total. The van der Waals surface area contributed by atoms with Crippen molar-refractivity contribution in [3.63, 3.8) is 0 Å². The van der Waals surface area contributed by atoms with E-state index < -0.39 is 5.97 Å². The van der Waals surface area contributed by atoms with Crippen LogP contribution in [0.5, 0.6) is 0 Å². The first-order chi connectivity index (χ1) is 17.4. The average molecular weight is 487 g/mol. The summed E-state index contributed by atoms with van der Waals surface area (Å²) in [6, 6.07) is 19.4. The van der Waals surface area contributed by atoms with Crippen molar-refractivity contribution >= 4 is 17.6 Å². The average Bonchev–Trinajstić information content (AvgIpc) is 3.22. The standard InChI is InChI=1S/C27H26N4O5/c1-36-18-24-23(28-25(32)14-21-6-2-3-7-22(21)27(34)35)17-31(29-24)16-20-11-9-19(10-12-20)15-30-13-5-4-8-26(30)33/h2-13,17H,14-16,18H2,1H3,(H,28,32)(H,34,35). The summed E-state index contributed by atoms with van der Waals surface area (Å²) in [5.74, 6) is -1.42. The molecule has 1 amide bonds. The summed E-state index contributed by atoms with van der Waals surface area (Å²) in [4.78, 5) is 36.0. The molecule has 0 unspecified atom stereocenters. The predicted octanol–water partition coefficient (Wildman–Crippen LogP) is 3.17. The van der Waals surface area contributed by atoms with Gasteiger partial charge in [0.05, 0.1) is 37.4 Å². The van der Waals surface area contributed by atoms with Gasteiger partial charge in [-0.15, -0.1) is 0 Å². The highest BCUT2D eigenvalue weighted by Crippen LogP contribution is 2.18. The number of rotatable bonds is 10. The number of methoxy groups -OCH3 is 1. The molecule has 2 N–H and O–H groups in total. The number of pyridine rings is 1. The maximum atomic E-state index is 12.7. The van der Waals surface area contributed by atoms with Gasteiger partial charge in [0, 0.05) is 25.6 Å². The fraction of sp³-hybridized carbons (Fsp3) is 0.185. The highest BCUT2D eigenvalue weighted by Gasteiger charge is 2.16. The molecule has 0 spiro atoms. The Morgan fingerprint density at radius 1 is 0.972 bits per heavy atom. The highest BCUT2D eigenvalue weighted by atomic mass is 16.5. The molecule has 0 aliphatic carbocycles. The molecule has 36 heavy (non-hydrogen) atoms. The van der Waals surface area contributed by atoms with Crippen LogP contribution in [0, 0.1) is 0 Å². The Kier molecular flexibility index (Phi) is 7.72. The Bertz CT molecular complexity index is 1420. The lowest BCUT2D eigenvalue weighted by molar-refractivity contribution is -0.115. The summed E-state index contributed by atoms with van der Waals surface area (Å²) in [5, 5.41) is 16.7. The first kappa shape index (κ1) is 24.6. The van der Waals surface area contributed by atoms with Crippen LogP contribution in [-0.4, -0.2) is 38.4 Å². The van der Waals surface area contributed by atoms with Gasteiger partial charge < -0.3 is 19.7 Å². The smallest absolute Gasteiger partial charge is 0.335 e. The molecule has 0 fully saturated rings. The van der Waals surface area contributed by atoms with Crippen molar-refractivity contribution in [2.45, 2.75) is 26.1 Å². The van der Waals surface area contributed by atoms with Crippen molar-refractivity contribution in [1.82, 2.24) is 14.3 Å². The summed E-state index contributed by atoms with van der Waals surface area (Å²) >= 11 is 0. The van der Waals surface area contributed by atoms with Gasteiger partial charge in [-0.25, -0.2) is 4.79 Å². The Morgan fingerprint density at radius 3 is 2.36 bits per heavy atom. The fourth-order valence-corrected chi connectivity index (χ4v) is 3.87. The zero-order valence-electron chi connectivity index (χ0n) is 19.8. The molecule has 0 aliphatic heterocycles. The van der Waals surface area contributed by atoms with Gasteiger partial charge in [-0.05, 0) is 28.8 Å². The van der Waals surface area contributed by atoms with Gasteiger partial charge in [0.25, 0.3) is 5.56 Å². The van der Waals surface area contributed by atoms with Crippen molar-refractivity contribution < 1.29 is 19.4 Å². The molecular formula is C27H26N4O5. The van der Waals surface area contributed by atoms with Crippen LogP contribution < -0.4 is 10.9 Å². The lowest BCUT2D eigenvalue weighted by Gasteiger charge is -2.07. The third-order valence-electron chi connectivity index (χ3n) is 5.61. The van der Waals surface area contributed by atoms with Gasteiger partial charge in [0.2, 0.25) is 5.91 Å². The Morgan fingerprint density at radius 2 is 1.67 bits per heavy atom. The number of amides is 1. The predicted molar refractivity (Wildman–Crippen MR) is 134 cm³/mol. The number of carbonyl (C=O) groups is 2. The third kappa shape index (κ3) is 6.13.